The number of sulfonamides is 1. The van der Waals surface area contributed by atoms with E-state index in [-0.39, 0.29) is 5.75 Å². The fourth-order valence-corrected chi connectivity index (χ4v) is 5.67. The molecular formula is C20H41N5O2S. The lowest BCUT2D eigenvalue weighted by Crippen LogP contribution is -2.50. The van der Waals surface area contributed by atoms with E-state index in [4.69, 9.17) is 4.99 Å². The molecule has 2 fully saturated rings. The van der Waals surface area contributed by atoms with Gasteiger partial charge in [-0.25, -0.2) is 12.7 Å². The Labute approximate surface area is 172 Å². The zero-order valence-electron chi connectivity index (χ0n) is 18.1. The summed E-state index contributed by atoms with van der Waals surface area (Å²) < 4.78 is 26.1. The Hall–Kier alpha value is -0.860. The van der Waals surface area contributed by atoms with Gasteiger partial charge < -0.3 is 15.5 Å². The molecule has 28 heavy (non-hydrogen) atoms. The van der Waals surface area contributed by atoms with E-state index in [1.54, 1.807) is 4.31 Å². The molecule has 0 aromatic heterocycles. The first-order valence-electron chi connectivity index (χ1n) is 11.2. The van der Waals surface area contributed by atoms with Crippen molar-refractivity contribution in [3.63, 3.8) is 0 Å². The predicted molar refractivity (Wildman–Crippen MR) is 117 cm³/mol. The lowest BCUT2D eigenvalue weighted by atomic mass is 9.94. The molecule has 2 rings (SSSR count). The lowest BCUT2D eigenvalue weighted by molar-refractivity contribution is 0.188. The van der Waals surface area contributed by atoms with E-state index in [1.165, 1.54) is 25.9 Å². The summed E-state index contributed by atoms with van der Waals surface area (Å²) in [5, 5.41) is 6.87. The van der Waals surface area contributed by atoms with Crippen LogP contribution in [0.4, 0.5) is 0 Å². The number of aliphatic imine (C=N–C) groups is 1. The highest BCUT2D eigenvalue weighted by Crippen LogP contribution is 2.20. The van der Waals surface area contributed by atoms with Gasteiger partial charge in [0, 0.05) is 32.2 Å². The highest BCUT2D eigenvalue weighted by molar-refractivity contribution is 7.89. The SMILES string of the molecule is CCCS(=O)(=O)N1CCC(NC(=NCCC2CCN(CC)CC2)NCC)CC1. The van der Waals surface area contributed by atoms with Crippen LogP contribution in [0.1, 0.15) is 59.3 Å². The molecule has 2 aliphatic heterocycles. The Balaban J connectivity index is 1.76. The maximum Gasteiger partial charge on any atom is 0.214 e. The number of nitrogens with zero attached hydrogens (tertiary/aromatic N) is 3. The third-order valence-electron chi connectivity index (χ3n) is 5.96. The minimum Gasteiger partial charge on any atom is -0.357 e. The molecule has 0 radical (unpaired) electrons. The fourth-order valence-electron chi connectivity index (χ4n) is 4.13. The molecule has 0 unspecified atom stereocenters. The van der Waals surface area contributed by atoms with E-state index < -0.39 is 10.0 Å². The Morgan fingerprint density at radius 2 is 1.71 bits per heavy atom. The third-order valence-corrected chi connectivity index (χ3v) is 8.03. The minimum absolute atomic E-state index is 0.256. The average Bonchev–Trinajstić information content (AvgIpc) is 2.69. The van der Waals surface area contributed by atoms with Crippen LogP contribution in [-0.2, 0) is 10.0 Å². The normalized spacial score (nSPS) is 21.8. The molecule has 0 aliphatic carbocycles. The Kier molecular flexibility index (Phi) is 10.0. The third kappa shape index (κ3) is 7.52. The maximum atomic E-state index is 12.2. The quantitative estimate of drug-likeness (QED) is 0.444. The standard InChI is InChI=1S/C20H41N5O2S/c1-4-17-28(26,27)25-15-10-19(11-16-25)23-20(21-5-2)22-12-7-18-8-13-24(6-3)14-9-18/h18-19H,4-17H2,1-3H3,(H2,21,22,23). The molecule has 0 aromatic rings. The lowest BCUT2D eigenvalue weighted by Gasteiger charge is -2.32. The molecule has 7 nitrogen and oxygen atoms in total. The number of guanidine groups is 1. The number of hydrogen-bond acceptors (Lipinski definition) is 4. The molecular weight excluding hydrogens is 374 g/mol. The largest absolute Gasteiger partial charge is 0.357 e. The first-order valence-corrected chi connectivity index (χ1v) is 12.8. The van der Waals surface area contributed by atoms with Gasteiger partial charge in [-0.15, -0.1) is 0 Å². The maximum absolute atomic E-state index is 12.2. The summed E-state index contributed by atoms with van der Waals surface area (Å²) in [6.45, 7) is 12.8. The summed E-state index contributed by atoms with van der Waals surface area (Å²) in [6.07, 6.45) is 6.08. The van der Waals surface area contributed by atoms with Crippen LogP contribution in [0.3, 0.4) is 0 Å². The molecule has 2 heterocycles. The summed E-state index contributed by atoms with van der Waals surface area (Å²) in [4.78, 5) is 7.31. The monoisotopic (exact) mass is 415 g/mol. The van der Waals surface area contributed by atoms with Crippen molar-refractivity contribution in [1.82, 2.24) is 19.8 Å². The van der Waals surface area contributed by atoms with E-state index in [2.05, 4.69) is 29.4 Å². The smallest absolute Gasteiger partial charge is 0.214 e. The van der Waals surface area contributed by atoms with Gasteiger partial charge >= 0.3 is 0 Å². The van der Waals surface area contributed by atoms with Crippen molar-refractivity contribution < 1.29 is 8.42 Å². The van der Waals surface area contributed by atoms with Crippen molar-refractivity contribution in [2.24, 2.45) is 10.9 Å². The molecule has 164 valence electrons. The van der Waals surface area contributed by atoms with Crippen molar-refractivity contribution in [1.29, 1.82) is 0 Å². The summed E-state index contributed by atoms with van der Waals surface area (Å²) in [7, 11) is -3.07. The van der Waals surface area contributed by atoms with E-state index in [0.717, 1.165) is 50.8 Å². The summed E-state index contributed by atoms with van der Waals surface area (Å²) in [5.41, 5.74) is 0. The van der Waals surface area contributed by atoms with E-state index >= 15 is 0 Å². The van der Waals surface area contributed by atoms with Crippen LogP contribution < -0.4 is 10.6 Å². The minimum atomic E-state index is -3.07. The second-order valence-corrected chi connectivity index (χ2v) is 10.1. The molecule has 0 amide bonds. The van der Waals surface area contributed by atoms with Crippen molar-refractivity contribution in [2.75, 3.05) is 51.6 Å². The first-order chi connectivity index (χ1) is 13.5. The van der Waals surface area contributed by atoms with Gasteiger partial charge in [-0.1, -0.05) is 13.8 Å². The highest BCUT2D eigenvalue weighted by Gasteiger charge is 2.27. The van der Waals surface area contributed by atoms with Crippen LogP contribution >= 0.6 is 0 Å². The number of nitrogens with one attached hydrogen (secondary N) is 2. The second kappa shape index (κ2) is 12.0. The molecule has 0 spiro atoms. The van der Waals surface area contributed by atoms with Gasteiger partial charge in [0.05, 0.1) is 5.75 Å². The van der Waals surface area contributed by atoms with Crippen LogP contribution in [-0.4, -0.2) is 81.2 Å². The van der Waals surface area contributed by atoms with E-state index in [0.29, 0.717) is 25.6 Å². The number of hydrogen-bond donors (Lipinski definition) is 2. The Morgan fingerprint density at radius 1 is 1.04 bits per heavy atom. The second-order valence-electron chi connectivity index (χ2n) is 8.06. The van der Waals surface area contributed by atoms with Gasteiger partial charge in [-0.3, -0.25) is 4.99 Å². The number of piperidine rings is 2. The van der Waals surface area contributed by atoms with Crippen LogP contribution in [0.5, 0.6) is 0 Å². The van der Waals surface area contributed by atoms with Crippen molar-refractivity contribution >= 4 is 16.0 Å². The molecule has 2 aliphatic rings. The highest BCUT2D eigenvalue weighted by atomic mass is 32.2. The Morgan fingerprint density at radius 3 is 2.29 bits per heavy atom. The average molecular weight is 416 g/mol. The molecule has 0 saturated carbocycles. The zero-order chi connectivity index (χ0) is 20.4. The number of likely N-dealkylation sites (tertiary alicyclic amines) is 1. The topological polar surface area (TPSA) is 77.0 Å². The molecule has 8 heteroatoms. The van der Waals surface area contributed by atoms with Crippen LogP contribution in [0, 0.1) is 5.92 Å². The van der Waals surface area contributed by atoms with Gasteiger partial charge in [0.25, 0.3) is 0 Å². The van der Waals surface area contributed by atoms with Gasteiger partial charge in [0.15, 0.2) is 5.96 Å². The van der Waals surface area contributed by atoms with E-state index in [9.17, 15) is 8.42 Å². The number of rotatable bonds is 9. The molecule has 0 aromatic carbocycles. The summed E-state index contributed by atoms with van der Waals surface area (Å²) in [6, 6.07) is 0.290. The van der Waals surface area contributed by atoms with Crippen molar-refractivity contribution in [2.45, 2.75) is 65.3 Å². The molecule has 0 bridgehead atoms. The van der Waals surface area contributed by atoms with Crippen LogP contribution in [0.25, 0.3) is 0 Å². The van der Waals surface area contributed by atoms with Gasteiger partial charge in [0.1, 0.15) is 0 Å². The summed E-state index contributed by atoms with van der Waals surface area (Å²) >= 11 is 0. The molecule has 2 N–H and O–H groups in total. The molecule has 0 atom stereocenters. The zero-order valence-corrected chi connectivity index (χ0v) is 18.9. The fraction of sp³-hybridized carbons (Fsp3) is 0.950. The van der Waals surface area contributed by atoms with Gasteiger partial charge in [-0.2, -0.15) is 0 Å². The van der Waals surface area contributed by atoms with Crippen molar-refractivity contribution in [3.8, 4) is 0 Å². The van der Waals surface area contributed by atoms with Crippen molar-refractivity contribution in [3.05, 3.63) is 0 Å². The van der Waals surface area contributed by atoms with Gasteiger partial charge in [0.2, 0.25) is 10.0 Å². The predicted octanol–water partition coefficient (Wildman–Crippen LogP) is 1.87. The first kappa shape index (κ1) is 23.4. The Bertz CT molecular complexity index is 565. The van der Waals surface area contributed by atoms with Crippen LogP contribution in [0.15, 0.2) is 4.99 Å². The van der Waals surface area contributed by atoms with E-state index in [1.807, 2.05) is 6.92 Å². The summed E-state index contributed by atoms with van der Waals surface area (Å²) in [5.74, 6) is 1.93. The molecule has 2 saturated heterocycles. The van der Waals surface area contributed by atoms with Gasteiger partial charge in [-0.05, 0) is 71.0 Å². The van der Waals surface area contributed by atoms with Crippen LogP contribution in [0.2, 0.25) is 0 Å².